The second-order valence-electron chi connectivity index (χ2n) is 4.12. The van der Waals surface area contributed by atoms with Crippen LogP contribution in [0.25, 0.3) is 0 Å². The summed E-state index contributed by atoms with van der Waals surface area (Å²) < 4.78 is 0. The number of urea groups is 1. The van der Waals surface area contributed by atoms with Crippen LogP contribution in [-0.4, -0.2) is 17.7 Å². The summed E-state index contributed by atoms with van der Waals surface area (Å²) in [4.78, 5) is 11.6. The van der Waals surface area contributed by atoms with Crippen LogP contribution in [0, 0.1) is 0 Å². The summed E-state index contributed by atoms with van der Waals surface area (Å²) in [6.45, 7) is 0.679. The maximum atomic E-state index is 11.6. The van der Waals surface area contributed by atoms with E-state index in [-0.39, 0.29) is 12.6 Å². The Morgan fingerprint density at radius 1 is 1.21 bits per heavy atom. The number of hydrogen-bond acceptors (Lipinski definition) is 3. The van der Waals surface area contributed by atoms with Crippen molar-refractivity contribution in [3.63, 3.8) is 0 Å². The van der Waals surface area contributed by atoms with Crippen molar-refractivity contribution >= 4 is 17.4 Å². The minimum atomic E-state index is -0.659. The minimum Gasteiger partial charge on any atom is -0.387 e. The monoisotopic (exact) mass is 276 g/mol. The summed E-state index contributed by atoms with van der Waals surface area (Å²) in [7, 11) is 0. The van der Waals surface area contributed by atoms with Gasteiger partial charge in [0.2, 0.25) is 0 Å². The zero-order valence-corrected chi connectivity index (χ0v) is 11.2. The average molecular weight is 276 g/mol. The fraction of sp³-hybridized carbons (Fsp3) is 0.214. The molecule has 0 aliphatic carbocycles. The molecule has 1 heterocycles. The van der Waals surface area contributed by atoms with Crippen LogP contribution in [0.5, 0.6) is 0 Å². The average Bonchev–Trinajstić information content (AvgIpc) is 2.98. The highest BCUT2D eigenvalue weighted by molar-refractivity contribution is 7.07. The zero-order chi connectivity index (χ0) is 13.5. The molecule has 0 fully saturated rings. The first-order valence-corrected chi connectivity index (χ1v) is 6.96. The number of nitrogens with one attached hydrogen (secondary N) is 2. The van der Waals surface area contributed by atoms with Crippen molar-refractivity contribution in [2.75, 3.05) is 6.54 Å². The molecule has 3 N–H and O–H groups in total. The Morgan fingerprint density at radius 2 is 2.00 bits per heavy atom. The standard InChI is InChI=1S/C14H16N2O2S/c17-13(12-6-7-19-10-12)9-16-14(18)15-8-11-4-2-1-3-5-11/h1-7,10,13,17H,8-9H2,(H2,15,16,18). The molecule has 1 aromatic heterocycles. The molecule has 2 aromatic rings. The smallest absolute Gasteiger partial charge is 0.315 e. The van der Waals surface area contributed by atoms with Crippen molar-refractivity contribution in [2.24, 2.45) is 0 Å². The Labute approximate surface area is 116 Å². The molecule has 0 radical (unpaired) electrons. The van der Waals surface area contributed by atoms with Crippen molar-refractivity contribution in [1.82, 2.24) is 10.6 Å². The van der Waals surface area contributed by atoms with Crippen molar-refractivity contribution in [3.8, 4) is 0 Å². The molecular formula is C14H16N2O2S. The van der Waals surface area contributed by atoms with Gasteiger partial charge in [-0.05, 0) is 28.0 Å². The van der Waals surface area contributed by atoms with E-state index in [1.807, 2.05) is 47.2 Å². The van der Waals surface area contributed by atoms with Gasteiger partial charge in [0.1, 0.15) is 0 Å². The van der Waals surface area contributed by atoms with Gasteiger partial charge >= 0.3 is 6.03 Å². The van der Waals surface area contributed by atoms with E-state index >= 15 is 0 Å². The van der Waals surface area contributed by atoms with E-state index in [0.29, 0.717) is 6.54 Å². The van der Waals surface area contributed by atoms with Crippen molar-refractivity contribution in [1.29, 1.82) is 0 Å². The summed E-state index contributed by atoms with van der Waals surface area (Å²) in [6.07, 6.45) is -0.659. The van der Waals surface area contributed by atoms with Crippen LogP contribution in [0.4, 0.5) is 4.79 Å². The third-order valence-corrected chi connectivity index (χ3v) is 3.38. The maximum Gasteiger partial charge on any atom is 0.315 e. The van der Waals surface area contributed by atoms with Crippen LogP contribution in [0.1, 0.15) is 17.2 Å². The quantitative estimate of drug-likeness (QED) is 0.784. The van der Waals surface area contributed by atoms with E-state index in [1.165, 1.54) is 11.3 Å². The second kappa shape index (κ2) is 6.92. The fourth-order valence-corrected chi connectivity index (χ4v) is 2.32. The van der Waals surface area contributed by atoms with Gasteiger partial charge in [0, 0.05) is 13.1 Å². The maximum absolute atomic E-state index is 11.6. The molecule has 2 amide bonds. The number of benzene rings is 1. The zero-order valence-electron chi connectivity index (χ0n) is 10.4. The first kappa shape index (κ1) is 13.6. The Morgan fingerprint density at radius 3 is 2.68 bits per heavy atom. The van der Waals surface area contributed by atoms with E-state index < -0.39 is 6.10 Å². The third kappa shape index (κ3) is 4.39. The van der Waals surface area contributed by atoms with Gasteiger partial charge in [-0.15, -0.1) is 0 Å². The lowest BCUT2D eigenvalue weighted by Gasteiger charge is -2.11. The number of aliphatic hydroxyl groups excluding tert-OH is 1. The summed E-state index contributed by atoms with van der Waals surface area (Å²) >= 11 is 1.52. The summed E-state index contributed by atoms with van der Waals surface area (Å²) in [5, 5.41) is 19.0. The molecule has 0 saturated carbocycles. The fourth-order valence-electron chi connectivity index (χ4n) is 1.61. The van der Waals surface area contributed by atoms with Gasteiger partial charge in [-0.2, -0.15) is 11.3 Å². The molecule has 0 bridgehead atoms. The second-order valence-corrected chi connectivity index (χ2v) is 4.90. The molecule has 4 nitrogen and oxygen atoms in total. The van der Waals surface area contributed by atoms with Crippen LogP contribution >= 0.6 is 11.3 Å². The largest absolute Gasteiger partial charge is 0.387 e. The predicted octanol–water partition coefficient (Wildman–Crippen LogP) is 2.28. The number of aliphatic hydroxyl groups is 1. The SMILES string of the molecule is O=C(NCc1ccccc1)NCC(O)c1ccsc1. The third-order valence-electron chi connectivity index (χ3n) is 2.68. The van der Waals surface area contributed by atoms with Gasteiger partial charge in [0.25, 0.3) is 0 Å². The highest BCUT2D eigenvalue weighted by Crippen LogP contribution is 2.14. The van der Waals surface area contributed by atoms with Crippen molar-refractivity contribution in [2.45, 2.75) is 12.6 Å². The normalized spacial score (nSPS) is 11.8. The van der Waals surface area contributed by atoms with E-state index in [9.17, 15) is 9.90 Å². The van der Waals surface area contributed by atoms with Gasteiger partial charge < -0.3 is 15.7 Å². The lowest BCUT2D eigenvalue weighted by atomic mass is 10.2. The van der Waals surface area contributed by atoms with E-state index in [4.69, 9.17) is 0 Å². The first-order valence-electron chi connectivity index (χ1n) is 6.01. The number of carbonyl (C=O) groups is 1. The van der Waals surface area contributed by atoms with Crippen molar-refractivity contribution in [3.05, 3.63) is 58.3 Å². The topological polar surface area (TPSA) is 61.4 Å². The molecule has 0 aliphatic heterocycles. The molecule has 1 atom stereocenters. The van der Waals surface area contributed by atoms with Gasteiger partial charge in [-0.3, -0.25) is 0 Å². The summed E-state index contributed by atoms with van der Waals surface area (Å²) in [5.41, 5.74) is 1.87. The van der Waals surface area contributed by atoms with Crippen LogP contribution in [0.15, 0.2) is 47.2 Å². The highest BCUT2D eigenvalue weighted by atomic mass is 32.1. The molecule has 0 aliphatic rings. The van der Waals surface area contributed by atoms with Gasteiger partial charge in [-0.25, -0.2) is 4.79 Å². The van der Waals surface area contributed by atoms with E-state index in [1.54, 1.807) is 0 Å². The Balaban J connectivity index is 1.70. The summed E-state index contributed by atoms with van der Waals surface area (Å²) in [5.74, 6) is 0. The van der Waals surface area contributed by atoms with Crippen LogP contribution in [0.2, 0.25) is 0 Å². The Bertz CT molecular complexity index is 499. The lowest BCUT2D eigenvalue weighted by Crippen LogP contribution is -2.37. The Hall–Kier alpha value is -1.85. The van der Waals surface area contributed by atoms with E-state index in [2.05, 4.69) is 10.6 Å². The van der Waals surface area contributed by atoms with Crippen LogP contribution < -0.4 is 10.6 Å². The number of carbonyl (C=O) groups excluding carboxylic acids is 1. The van der Waals surface area contributed by atoms with Crippen molar-refractivity contribution < 1.29 is 9.90 Å². The molecule has 1 unspecified atom stereocenters. The number of hydrogen-bond donors (Lipinski definition) is 3. The highest BCUT2D eigenvalue weighted by Gasteiger charge is 2.09. The van der Waals surface area contributed by atoms with Crippen LogP contribution in [-0.2, 0) is 6.54 Å². The first-order chi connectivity index (χ1) is 9.25. The molecular weight excluding hydrogens is 260 g/mol. The molecule has 19 heavy (non-hydrogen) atoms. The molecule has 0 saturated heterocycles. The Kier molecular flexibility index (Phi) is 4.94. The molecule has 5 heteroatoms. The van der Waals surface area contributed by atoms with Gasteiger partial charge in [0.05, 0.1) is 6.10 Å². The number of amides is 2. The number of thiophene rings is 1. The molecule has 100 valence electrons. The molecule has 2 rings (SSSR count). The molecule has 1 aromatic carbocycles. The van der Waals surface area contributed by atoms with Gasteiger partial charge in [0.15, 0.2) is 0 Å². The van der Waals surface area contributed by atoms with Crippen LogP contribution in [0.3, 0.4) is 0 Å². The van der Waals surface area contributed by atoms with Gasteiger partial charge in [-0.1, -0.05) is 30.3 Å². The lowest BCUT2D eigenvalue weighted by molar-refractivity contribution is 0.173. The molecule has 0 spiro atoms. The number of rotatable bonds is 5. The minimum absolute atomic E-state index is 0.206. The summed E-state index contributed by atoms with van der Waals surface area (Å²) in [6, 6.07) is 11.2. The van der Waals surface area contributed by atoms with E-state index in [0.717, 1.165) is 11.1 Å². The predicted molar refractivity (Wildman–Crippen MR) is 76.0 cm³/mol.